The SMILES string of the molecule is COc1ccc(-n2c(C)nnc2C2CCC3(CC2)OCc2ccccc23)cn1. The Kier molecular flexibility index (Phi) is 4.16. The quantitative estimate of drug-likeness (QED) is 0.690. The average Bonchev–Trinajstić information content (AvgIpc) is 3.30. The van der Waals surface area contributed by atoms with E-state index < -0.39 is 0 Å². The average molecular weight is 376 g/mol. The molecule has 0 amide bonds. The van der Waals surface area contributed by atoms with Gasteiger partial charge in [0.15, 0.2) is 0 Å². The number of methoxy groups -OCH3 is 1. The summed E-state index contributed by atoms with van der Waals surface area (Å²) in [6.07, 6.45) is 5.92. The monoisotopic (exact) mass is 376 g/mol. The predicted octanol–water partition coefficient (Wildman–Crippen LogP) is 4.06. The molecule has 2 aliphatic rings. The zero-order valence-corrected chi connectivity index (χ0v) is 16.3. The van der Waals surface area contributed by atoms with Gasteiger partial charge in [-0.05, 0) is 49.8 Å². The minimum absolute atomic E-state index is 0.116. The van der Waals surface area contributed by atoms with Crippen molar-refractivity contribution in [1.82, 2.24) is 19.7 Å². The first-order valence-corrected chi connectivity index (χ1v) is 9.85. The highest BCUT2D eigenvalue weighted by Gasteiger charge is 2.43. The van der Waals surface area contributed by atoms with Gasteiger partial charge in [0.1, 0.15) is 11.6 Å². The molecule has 6 heteroatoms. The fourth-order valence-corrected chi connectivity index (χ4v) is 4.73. The van der Waals surface area contributed by atoms with Crippen LogP contribution in [0.3, 0.4) is 0 Å². The van der Waals surface area contributed by atoms with Crippen LogP contribution in [0.15, 0.2) is 42.6 Å². The van der Waals surface area contributed by atoms with Crippen molar-refractivity contribution < 1.29 is 9.47 Å². The van der Waals surface area contributed by atoms with Gasteiger partial charge in [-0.25, -0.2) is 4.98 Å². The number of benzene rings is 1. The van der Waals surface area contributed by atoms with Crippen molar-refractivity contribution in [2.45, 2.75) is 50.7 Å². The lowest BCUT2D eigenvalue weighted by atomic mass is 9.74. The number of nitrogens with zero attached hydrogens (tertiary/aromatic N) is 4. The second kappa shape index (κ2) is 6.71. The van der Waals surface area contributed by atoms with Crippen LogP contribution in [0.25, 0.3) is 5.69 Å². The molecular formula is C22H24N4O2. The van der Waals surface area contributed by atoms with Crippen LogP contribution in [0.5, 0.6) is 5.88 Å². The molecule has 6 nitrogen and oxygen atoms in total. The zero-order chi connectivity index (χ0) is 19.1. The predicted molar refractivity (Wildman–Crippen MR) is 105 cm³/mol. The maximum Gasteiger partial charge on any atom is 0.213 e. The van der Waals surface area contributed by atoms with Gasteiger partial charge in [-0.2, -0.15) is 0 Å². The molecule has 5 rings (SSSR count). The minimum atomic E-state index is -0.116. The van der Waals surface area contributed by atoms with Crippen LogP contribution in [-0.2, 0) is 16.9 Å². The van der Waals surface area contributed by atoms with Crippen molar-refractivity contribution >= 4 is 0 Å². The Balaban J connectivity index is 1.41. The zero-order valence-electron chi connectivity index (χ0n) is 16.3. The van der Waals surface area contributed by atoms with E-state index in [2.05, 4.69) is 44.0 Å². The van der Waals surface area contributed by atoms with Gasteiger partial charge in [-0.3, -0.25) is 4.57 Å². The third-order valence-corrected chi connectivity index (χ3v) is 6.21. The van der Waals surface area contributed by atoms with Crippen LogP contribution in [0, 0.1) is 6.92 Å². The molecule has 28 heavy (non-hydrogen) atoms. The lowest BCUT2D eigenvalue weighted by Crippen LogP contribution is -2.31. The van der Waals surface area contributed by atoms with Crippen molar-refractivity contribution in [2.24, 2.45) is 0 Å². The van der Waals surface area contributed by atoms with Gasteiger partial charge >= 0.3 is 0 Å². The molecule has 3 aromatic rings. The lowest BCUT2D eigenvalue weighted by Gasteiger charge is -2.37. The maximum absolute atomic E-state index is 6.31. The Bertz CT molecular complexity index is 988. The van der Waals surface area contributed by atoms with E-state index in [0.717, 1.165) is 49.6 Å². The van der Waals surface area contributed by atoms with Gasteiger partial charge in [0.2, 0.25) is 5.88 Å². The van der Waals surface area contributed by atoms with Crippen LogP contribution < -0.4 is 4.74 Å². The third-order valence-electron chi connectivity index (χ3n) is 6.21. The Morgan fingerprint density at radius 2 is 1.93 bits per heavy atom. The maximum atomic E-state index is 6.31. The van der Waals surface area contributed by atoms with Crippen molar-refractivity contribution in [1.29, 1.82) is 0 Å². The third kappa shape index (κ3) is 2.71. The fraction of sp³-hybridized carbons (Fsp3) is 0.409. The minimum Gasteiger partial charge on any atom is -0.481 e. The summed E-state index contributed by atoms with van der Waals surface area (Å²) in [6.45, 7) is 2.72. The molecule has 1 saturated carbocycles. The molecular weight excluding hydrogens is 352 g/mol. The van der Waals surface area contributed by atoms with E-state index in [4.69, 9.17) is 9.47 Å². The molecule has 0 bridgehead atoms. The van der Waals surface area contributed by atoms with E-state index in [1.807, 2.05) is 25.3 Å². The largest absolute Gasteiger partial charge is 0.481 e. The standard InChI is InChI=1S/C22H24N4O2/c1-15-24-25-21(26(15)18-7-8-20(27-2)23-13-18)16-9-11-22(12-10-16)19-6-4-3-5-17(19)14-28-22/h3-8,13,16H,9-12,14H2,1-2H3. The van der Waals surface area contributed by atoms with Gasteiger partial charge in [0.25, 0.3) is 0 Å². The number of hydrogen-bond acceptors (Lipinski definition) is 5. The van der Waals surface area contributed by atoms with Gasteiger partial charge in [-0.1, -0.05) is 24.3 Å². The molecule has 1 aliphatic heterocycles. The van der Waals surface area contributed by atoms with Crippen molar-refractivity contribution in [3.8, 4) is 11.6 Å². The Hall–Kier alpha value is -2.73. The number of ether oxygens (including phenoxy) is 2. The smallest absolute Gasteiger partial charge is 0.213 e. The summed E-state index contributed by atoms with van der Waals surface area (Å²) in [5, 5.41) is 8.89. The highest BCUT2D eigenvalue weighted by atomic mass is 16.5. The molecule has 144 valence electrons. The van der Waals surface area contributed by atoms with Gasteiger partial charge in [0.05, 0.1) is 31.2 Å². The summed E-state index contributed by atoms with van der Waals surface area (Å²) in [5.74, 6) is 2.87. The summed E-state index contributed by atoms with van der Waals surface area (Å²) in [4.78, 5) is 4.34. The van der Waals surface area contributed by atoms with E-state index in [0.29, 0.717) is 11.8 Å². The lowest BCUT2D eigenvalue weighted by molar-refractivity contribution is -0.0674. The molecule has 1 fully saturated rings. The number of pyridine rings is 1. The highest BCUT2D eigenvalue weighted by molar-refractivity contribution is 5.37. The molecule has 0 atom stereocenters. The number of hydrogen-bond donors (Lipinski definition) is 0. The molecule has 1 aromatic carbocycles. The van der Waals surface area contributed by atoms with E-state index in [1.54, 1.807) is 7.11 Å². The second-order valence-electron chi connectivity index (χ2n) is 7.71. The Labute approximate surface area is 164 Å². The number of fused-ring (bicyclic) bond motifs is 2. The van der Waals surface area contributed by atoms with Crippen molar-refractivity contribution in [3.05, 3.63) is 65.4 Å². The van der Waals surface area contributed by atoms with Crippen LogP contribution in [-0.4, -0.2) is 26.9 Å². The molecule has 0 unspecified atom stereocenters. The van der Waals surface area contributed by atoms with Crippen LogP contribution in [0.4, 0.5) is 0 Å². The van der Waals surface area contributed by atoms with E-state index in [9.17, 15) is 0 Å². The summed E-state index contributed by atoms with van der Waals surface area (Å²) in [6, 6.07) is 12.5. The van der Waals surface area contributed by atoms with Crippen LogP contribution >= 0.6 is 0 Å². The molecule has 1 spiro atoms. The van der Waals surface area contributed by atoms with Crippen LogP contribution in [0.1, 0.15) is 54.4 Å². The van der Waals surface area contributed by atoms with E-state index in [-0.39, 0.29) is 5.60 Å². The summed E-state index contributed by atoms with van der Waals surface area (Å²) >= 11 is 0. The van der Waals surface area contributed by atoms with E-state index in [1.165, 1.54) is 11.1 Å². The molecule has 0 N–H and O–H groups in total. The number of aromatic nitrogens is 4. The van der Waals surface area contributed by atoms with Crippen molar-refractivity contribution in [2.75, 3.05) is 7.11 Å². The molecule has 0 saturated heterocycles. The molecule has 0 radical (unpaired) electrons. The number of aryl methyl sites for hydroxylation is 1. The van der Waals surface area contributed by atoms with Crippen LogP contribution in [0.2, 0.25) is 0 Å². The topological polar surface area (TPSA) is 62.1 Å². The fourth-order valence-electron chi connectivity index (χ4n) is 4.73. The molecule has 2 aromatic heterocycles. The first-order chi connectivity index (χ1) is 13.7. The molecule has 3 heterocycles. The van der Waals surface area contributed by atoms with E-state index >= 15 is 0 Å². The van der Waals surface area contributed by atoms with Crippen molar-refractivity contribution in [3.63, 3.8) is 0 Å². The van der Waals surface area contributed by atoms with Gasteiger partial charge < -0.3 is 9.47 Å². The first-order valence-electron chi connectivity index (χ1n) is 9.85. The highest BCUT2D eigenvalue weighted by Crippen LogP contribution is 2.50. The molecule has 1 aliphatic carbocycles. The number of rotatable bonds is 3. The summed E-state index contributed by atoms with van der Waals surface area (Å²) < 4.78 is 13.6. The first kappa shape index (κ1) is 17.4. The Morgan fingerprint density at radius 1 is 1.11 bits per heavy atom. The summed E-state index contributed by atoms with van der Waals surface area (Å²) in [5.41, 5.74) is 3.57. The Morgan fingerprint density at radius 3 is 2.68 bits per heavy atom. The van der Waals surface area contributed by atoms with Gasteiger partial charge in [0, 0.05) is 12.0 Å². The second-order valence-corrected chi connectivity index (χ2v) is 7.71. The summed E-state index contributed by atoms with van der Waals surface area (Å²) in [7, 11) is 1.62. The normalized spacial score (nSPS) is 23.7. The van der Waals surface area contributed by atoms with Gasteiger partial charge in [-0.15, -0.1) is 10.2 Å².